The second kappa shape index (κ2) is 4.99. The van der Waals surface area contributed by atoms with Crippen LogP contribution in [0.2, 0.25) is 0 Å². The maximum atomic E-state index is 12.9. The summed E-state index contributed by atoms with van der Waals surface area (Å²) in [6, 6.07) is 1.94. The van der Waals surface area contributed by atoms with E-state index < -0.39 is 5.60 Å². The second-order valence-electron chi connectivity index (χ2n) is 6.78. The molecule has 0 radical (unpaired) electrons. The van der Waals surface area contributed by atoms with Gasteiger partial charge in [0, 0.05) is 6.54 Å². The molecule has 0 N–H and O–H groups in total. The number of Topliss-reactive ketones (excluding diaryl/α,β-unsaturated/α-hetero) is 1. The molecular formula is C16H26N2O2. The predicted octanol–water partition coefficient (Wildman–Crippen LogP) is 3.24. The number of hydrogen-bond acceptors (Lipinski definition) is 3. The largest absolute Gasteiger partial charge is 0.369 e. The fourth-order valence-corrected chi connectivity index (χ4v) is 3.23. The molecule has 0 saturated carbocycles. The third-order valence-corrected chi connectivity index (χ3v) is 4.14. The van der Waals surface area contributed by atoms with Crippen LogP contribution in [-0.2, 0) is 17.7 Å². The molecule has 1 aliphatic rings. The van der Waals surface area contributed by atoms with Gasteiger partial charge in [-0.05, 0) is 53.5 Å². The van der Waals surface area contributed by atoms with Crippen molar-refractivity contribution in [3.63, 3.8) is 0 Å². The highest BCUT2D eigenvalue weighted by molar-refractivity contribution is 5.97. The van der Waals surface area contributed by atoms with Crippen LogP contribution >= 0.6 is 0 Å². The number of rotatable bonds is 4. The van der Waals surface area contributed by atoms with E-state index in [1.54, 1.807) is 0 Å². The van der Waals surface area contributed by atoms with Gasteiger partial charge in [-0.1, -0.05) is 6.92 Å². The molecule has 0 spiro atoms. The molecule has 0 bridgehead atoms. The molecule has 1 aromatic rings. The van der Waals surface area contributed by atoms with E-state index in [9.17, 15) is 4.79 Å². The Kier molecular flexibility index (Phi) is 3.80. The summed E-state index contributed by atoms with van der Waals surface area (Å²) in [6.07, 6.45) is 1.61. The van der Waals surface area contributed by atoms with E-state index in [0.29, 0.717) is 0 Å². The monoisotopic (exact) mass is 278 g/mol. The molecule has 4 nitrogen and oxygen atoms in total. The van der Waals surface area contributed by atoms with Gasteiger partial charge in [0.2, 0.25) is 0 Å². The molecule has 4 heteroatoms. The topological polar surface area (TPSA) is 44.1 Å². The number of ketones is 1. The van der Waals surface area contributed by atoms with Crippen LogP contribution in [0.25, 0.3) is 0 Å². The molecule has 1 unspecified atom stereocenters. The van der Waals surface area contributed by atoms with Crippen molar-refractivity contribution in [2.45, 2.75) is 72.1 Å². The van der Waals surface area contributed by atoms with Crippen molar-refractivity contribution < 1.29 is 9.53 Å². The number of carbonyl (C=O) groups excluding carboxylic acids is 1. The van der Waals surface area contributed by atoms with Gasteiger partial charge in [0.15, 0.2) is 5.78 Å². The van der Waals surface area contributed by atoms with Crippen molar-refractivity contribution in [3.8, 4) is 0 Å². The molecule has 1 saturated heterocycles. The Labute approximate surface area is 121 Å². The van der Waals surface area contributed by atoms with Gasteiger partial charge in [0.05, 0.1) is 22.8 Å². The molecule has 1 aromatic heterocycles. The third-order valence-electron chi connectivity index (χ3n) is 4.14. The smallest absolute Gasteiger partial charge is 0.186 e. The van der Waals surface area contributed by atoms with Gasteiger partial charge in [-0.15, -0.1) is 0 Å². The summed E-state index contributed by atoms with van der Waals surface area (Å²) in [7, 11) is 0. The molecule has 0 aromatic carbocycles. The Morgan fingerprint density at radius 2 is 2.05 bits per heavy atom. The fourth-order valence-electron chi connectivity index (χ4n) is 3.23. The van der Waals surface area contributed by atoms with Crippen molar-refractivity contribution in [2.24, 2.45) is 5.92 Å². The lowest BCUT2D eigenvalue weighted by Gasteiger charge is -2.26. The van der Waals surface area contributed by atoms with Gasteiger partial charge < -0.3 is 4.74 Å². The summed E-state index contributed by atoms with van der Waals surface area (Å²) in [4.78, 5) is 12.9. The van der Waals surface area contributed by atoms with Crippen LogP contribution in [0.3, 0.4) is 0 Å². The number of ether oxygens (including phenoxy) is 1. The zero-order chi connectivity index (χ0) is 15.1. The zero-order valence-electron chi connectivity index (χ0n) is 13.5. The van der Waals surface area contributed by atoms with E-state index in [4.69, 9.17) is 4.74 Å². The highest BCUT2D eigenvalue weighted by atomic mass is 16.5. The Bertz CT molecular complexity index is 515. The Morgan fingerprint density at radius 1 is 1.40 bits per heavy atom. The number of carbonyl (C=O) groups is 1. The summed E-state index contributed by atoms with van der Waals surface area (Å²) < 4.78 is 7.87. The standard InChI is InChI=1S/C16H26N2O2/c1-7-11-9-13(18(8-2)17-11)14(19)12-10-15(3,4)20-16(12,5)6/h9,12H,7-8,10H2,1-6H3. The summed E-state index contributed by atoms with van der Waals surface area (Å²) in [5, 5.41) is 4.48. The van der Waals surface area contributed by atoms with Gasteiger partial charge in [-0.3, -0.25) is 9.48 Å². The average Bonchev–Trinajstić information content (AvgIpc) is 2.85. The number of nitrogens with zero attached hydrogens (tertiary/aromatic N) is 2. The number of hydrogen-bond donors (Lipinski definition) is 0. The third kappa shape index (κ3) is 2.66. The fraction of sp³-hybridized carbons (Fsp3) is 0.750. The first-order chi connectivity index (χ1) is 9.20. The van der Waals surface area contributed by atoms with E-state index in [1.165, 1.54) is 0 Å². The number of aromatic nitrogens is 2. The molecule has 2 heterocycles. The van der Waals surface area contributed by atoms with Crippen molar-refractivity contribution in [3.05, 3.63) is 17.5 Å². The summed E-state index contributed by atoms with van der Waals surface area (Å²) >= 11 is 0. The first-order valence-corrected chi connectivity index (χ1v) is 7.51. The maximum absolute atomic E-state index is 12.9. The van der Waals surface area contributed by atoms with Gasteiger partial charge in [0.25, 0.3) is 0 Å². The van der Waals surface area contributed by atoms with Gasteiger partial charge in [-0.2, -0.15) is 5.10 Å². The molecule has 112 valence electrons. The molecule has 20 heavy (non-hydrogen) atoms. The average molecular weight is 278 g/mol. The van der Waals surface area contributed by atoms with Crippen LogP contribution in [0, 0.1) is 5.92 Å². The Morgan fingerprint density at radius 3 is 2.50 bits per heavy atom. The summed E-state index contributed by atoms with van der Waals surface area (Å²) in [5.74, 6) is 0.0545. The molecule has 2 rings (SSSR count). The second-order valence-corrected chi connectivity index (χ2v) is 6.78. The lowest BCUT2D eigenvalue weighted by Crippen LogP contribution is -2.34. The van der Waals surface area contributed by atoms with Crippen LogP contribution in [0.1, 0.15) is 64.1 Å². The van der Waals surface area contributed by atoms with Crippen LogP contribution in [0.4, 0.5) is 0 Å². The maximum Gasteiger partial charge on any atom is 0.186 e. The van der Waals surface area contributed by atoms with E-state index in [1.807, 2.05) is 31.5 Å². The molecular weight excluding hydrogens is 252 g/mol. The highest BCUT2D eigenvalue weighted by Crippen LogP contribution is 2.43. The van der Waals surface area contributed by atoms with Crippen LogP contribution in [0.15, 0.2) is 6.07 Å². The van der Waals surface area contributed by atoms with E-state index in [-0.39, 0.29) is 17.3 Å². The van der Waals surface area contributed by atoms with Crippen LogP contribution in [-0.4, -0.2) is 26.8 Å². The molecule has 0 aliphatic carbocycles. The normalized spacial score (nSPS) is 24.0. The van der Waals surface area contributed by atoms with Crippen molar-refractivity contribution in [1.29, 1.82) is 0 Å². The predicted molar refractivity (Wildman–Crippen MR) is 79.0 cm³/mol. The lowest BCUT2D eigenvalue weighted by molar-refractivity contribution is -0.0712. The first kappa shape index (κ1) is 15.2. The van der Waals surface area contributed by atoms with Crippen molar-refractivity contribution in [2.75, 3.05) is 0 Å². The first-order valence-electron chi connectivity index (χ1n) is 7.51. The van der Waals surface area contributed by atoms with E-state index >= 15 is 0 Å². The van der Waals surface area contributed by atoms with E-state index in [2.05, 4.69) is 25.9 Å². The van der Waals surface area contributed by atoms with Crippen molar-refractivity contribution >= 4 is 5.78 Å². The zero-order valence-corrected chi connectivity index (χ0v) is 13.5. The van der Waals surface area contributed by atoms with E-state index in [0.717, 1.165) is 30.8 Å². The lowest BCUT2D eigenvalue weighted by atomic mass is 9.83. The van der Waals surface area contributed by atoms with Crippen LogP contribution < -0.4 is 0 Å². The Balaban J connectivity index is 2.34. The SMILES string of the molecule is CCc1cc(C(=O)C2CC(C)(C)OC2(C)C)n(CC)n1. The van der Waals surface area contributed by atoms with Gasteiger partial charge in [-0.25, -0.2) is 0 Å². The van der Waals surface area contributed by atoms with Gasteiger partial charge in [0.1, 0.15) is 5.69 Å². The molecule has 1 aliphatic heterocycles. The minimum absolute atomic E-state index is 0.107. The molecule has 0 amide bonds. The highest BCUT2D eigenvalue weighted by Gasteiger charge is 2.49. The minimum atomic E-state index is -0.421. The molecule has 1 atom stereocenters. The summed E-state index contributed by atoms with van der Waals surface area (Å²) in [5.41, 5.74) is 1.04. The Hall–Kier alpha value is -1.16. The summed E-state index contributed by atoms with van der Waals surface area (Å²) in [6.45, 7) is 12.9. The number of aryl methyl sites for hydroxylation is 2. The van der Waals surface area contributed by atoms with Gasteiger partial charge >= 0.3 is 0 Å². The van der Waals surface area contributed by atoms with Crippen LogP contribution in [0.5, 0.6) is 0 Å². The minimum Gasteiger partial charge on any atom is -0.369 e. The quantitative estimate of drug-likeness (QED) is 0.794. The molecule has 1 fully saturated rings. The van der Waals surface area contributed by atoms with Crippen molar-refractivity contribution in [1.82, 2.24) is 9.78 Å².